The molecule has 44 valence electrons. The minimum absolute atomic E-state index is 0.0995. The van der Waals surface area contributed by atoms with Gasteiger partial charge in [-0.25, -0.2) is 4.39 Å². The summed E-state index contributed by atoms with van der Waals surface area (Å²) >= 11 is 0. The molecule has 1 atom stereocenters. The van der Waals surface area contributed by atoms with E-state index in [1.807, 2.05) is 0 Å². The van der Waals surface area contributed by atoms with Crippen LogP contribution in [0.3, 0.4) is 0 Å². The van der Waals surface area contributed by atoms with Crippen LogP contribution in [0.5, 0.6) is 0 Å². The van der Waals surface area contributed by atoms with Crippen molar-refractivity contribution in [1.29, 1.82) is 0 Å². The molecule has 0 rings (SSSR count). The molecule has 0 amide bonds. The fraction of sp³-hybridized carbons (Fsp3) is 1.00. The topological polar surface area (TPSA) is 78.1 Å². The van der Waals surface area contributed by atoms with Gasteiger partial charge in [-0.05, 0) is 0 Å². The quantitative estimate of drug-likeness (QED) is 0.377. The highest BCUT2D eigenvalue weighted by atomic mass is 19.1. The molecule has 0 heterocycles. The van der Waals surface area contributed by atoms with E-state index in [9.17, 15) is 4.39 Å². The lowest BCUT2D eigenvalue weighted by Crippen LogP contribution is -2.43. The lowest BCUT2D eigenvalue weighted by molar-refractivity contribution is 0.293. The molecule has 0 aromatic rings. The van der Waals surface area contributed by atoms with E-state index in [0.29, 0.717) is 0 Å². The van der Waals surface area contributed by atoms with E-state index in [1.54, 1.807) is 0 Å². The fourth-order valence-corrected chi connectivity index (χ4v) is 0.157. The molecule has 0 spiro atoms. The lowest BCUT2D eigenvalue weighted by Gasteiger charge is -2.06. The van der Waals surface area contributed by atoms with Gasteiger partial charge in [-0.1, -0.05) is 0 Å². The van der Waals surface area contributed by atoms with Gasteiger partial charge in [0.15, 0.2) is 0 Å². The first-order chi connectivity index (χ1) is 3.18. The van der Waals surface area contributed by atoms with E-state index in [4.69, 9.17) is 17.2 Å². The Labute approximate surface area is 41.7 Å². The molecule has 1 unspecified atom stereocenters. The van der Waals surface area contributed by atoms with E-state index in [1.165, 1.54) is 0 Å². The molecular formula is C3H10FN3. The highest BCUT2D eigenvalue weighted by molar-refractivity contribution is 4.64. The van der Waals surface area contributed by atoms with Crippen LogP contribution < -0.4 is 17.2 Å². The minimum Gasteiger partial charge on any atom is -0.328 e. The summed E-state index contributed by atoms with van der Waals surface area (Å²) in [5.74, 6) is 0. The van der Waals surface area contributed by atoms with Crippen molar-refractivity contribution in [1.82, 2.24) is 0 Å². The van der Waals surface area contributed by atoms with Gasteiger partial charge in [-0.15, -0.1) is 0 Å². The number of rotatable bonds is 2. The summed E-state index contributed by atoms with van der Waals surface area (Å²) < 4.78 is 11.9. The Morgan fingerprint density at radius 1 is 1.43 bits per heavy atom. The predicted octanol–water partition coefficient (Wildman–Crippen LogP) is -1.47. The van der Waals surface area contributed by atoms with Crippen LogP contribution in [0, 0.1) is 0 Å². The van der Waals surface area contributed by atoms with Gasteiger partial charge in [0.2, 0.25) is 0 Å². The molecule has 0 aliphatic heterocycles. The normalized spacial score (nSPS) is 15.0. The summed E-state index contributed by atoms with van der Waals surface area (Å²) in [4.78, 5) is 0. The Bertz CT molecular complexity index is 47.4. The summed E-state index contributed by atoms with van der Waals surface area (Å²) in [7, 11) is 0. The average Bonchev–Trinajstić information content (AvgIpc) is 1.65. The SMILES string of the molecule is NCC(F)C(N)N. The zero-order chi connectivity index (χ0) is 5.86. The average molecular weight is 107 g/mol. The molecule has 7 heavy (non-hydrogen) atoms. The Morgan fingerprint density at radius 3 is 1.86 bits per heavy atom. The van der Waals surface area contributed by atoms with Gasteiger partial charge in [-0.2, -0.15) is 0 Å². The van der Waals surface area contributed by atoms with Gasteiger partial charge in [-0.3, -0.25) is 0 Å². The van der Waals surface area contributed by atoms with Crippen molar-refractivity contribution in [3.05, 3.63) is 0 Å². The molecule has 0 radical (unpaired) electrons. The summed E-state index contributed by atoms with van der Waals surface area (Å²) in [6, 6.07) is 0. The zero-order valence-corrected chi connectivity index (χ0v) is 3.97. The number of halogens is 1. The maximum absolute atomic E-state index is 11.9. The summed E-state index contributed by atoms with van der Waals surface area (Å²) in [5, 5.41) is 0. The predicted molar refractivity (Wildman–Crippen MR) is 26.1 cm³/mol. The molecule has 0 aliphatic carbocycles. The first-order valence-electron chi connectivity index (χ1n) is 2.03. The molecule has 0 aromatic carbocycles. The largest absolute Gasteiger partial charge is 0.328 e. The molecule has 6 N–H and O–H groups in total. The molecule has 0 saturated carbocycles. The fourth-order valence-electron chi connectivity index (χ4n) is 0.157. The molecule has 0 fully saturated rings. The van der Waals surface area contributed by atoms with Gasteiger partial charge in [0, 0.05) is 6.54 Å². The van der Waals surface area contributed by atoms with E-state index in [2.05, 4.69) is 0 Å². The van der Waals surface area contributed by atoms with Crippen LogP contribution in [0.15, 0.2) is 0 Å². The van der Waals surface area contributed by atoms with Crippen molar-refractivity contribution in [3.8, 4) is 0 Å². The smallest absolute Gasteiger partial charge is 0.140 e. The first-order valence-corrected chi connectivity index (χ1v) is 2.03. The Kier molecular flexibility index (Phi) is 2.82. The van der Waals surface area contributed by atoms with Crippen LogP contribution in [-0.4, -0.2) is 18.9 Å². The van der Waals surface area contributed by atoms with Gasteiger partial charge in [0.05, 0.1) is 6.17 Å². The minimum atomic E-state index is -1.26. The number of hydrogen-bond acceptors (Lipinski definition) is 3. The van der Waals surface area contributed by atoms with Crippen LogP contribution in [0.25, 0.3) is 0 Å². The van der Waals surface area contributed by atoms with Gasteiger partial charge in [0.1, 0.15) is 6.17 Å². The van der Waals surface area contributed by atoms with Crippen LogP contribution >= 0.6 is 0 Å². The number of alkyl halides is 1. The molecule has 0 saturated heterocycles. The van der Waals surface area contributed by atoms with E-state index < -0.39 is 12.3 Å². The Hall–Kier alpha value is -0.190. The molecule has 0 bridgehead atoms. The van der Waals surface area contributed by atoms with Crippen molar-refractivity contribution in [2.75, 3.05) is 6.54 Å². The van der Waals surface area contributed by atoms with Gasteiger partial charge in [0.25, 0.3) is 0 Å². The maximum Gasteiger partial charge on any atom is 0.140 e. The van der Waals surface area contributed by atoms with Crippen molar-refractivity contribution in [2.45, 2.75) is 12.3 Å². The van der Waals surface area contributed by atoms with E-state index in [0.717, 1.165) is 0 Å². The second-order valence-electron chi connectivity index (χ2n) is 1.33. The summed E-state index contributed by atoms with van der Waals surface area (Å²) in [6.07, 6.45) is -2.19. The second kappa shape index (κ2) is 2.90. The standard InChI is InChI=1S/C3H10FN3/c4-2(1-5)3(6)7/h2-3H,1,5-7H2. The van der Waals surface area contributed by atoms with Crippen LogP contribution in [0.2, 0.25) is 0 Å². The summed E-state index contributed by atoms with van der Waals surface area (Å²) in [6.45, 7) is -0.0995. The van der Waals surface area contributed by atoms with E-state index >= 15 is 0 Å². The van der Waals surface area contributed by atoms with Crippen molar-refractivity contribution >= 4 is 0 Å². The van der Waals surface area contributed by atoms with E-state index in [-0.39, 0.29) is 6.54 Å². The molecule has 0 aromatic heterocycles. The molecular weight excluding hydrogens is 97.1 g/mol. The second-order valence-corrected chi connectivity index (χ2v) is 1.33. The van der Waals surface area contributed by atoms with Crippen molar-refractivity contribution in [2.24, 2.45) is 17.2 Å². The molecule has 3 nitrogen and oxygen atoms in total. The first kappa shape index (κ1) is 6.81. The van der Waals surface area contributed by atoms with Gasteiger partial charge >= 0.3 is 0 Å². The highest BCUT2D eigenvalue weighted by Crippen LogP contribution is 1.84. The third kappa shape index (κ3) is 2.50. The molecule has 0 aliphatic rings. The summed E-state index contributed by atoms with van der Waals surface area (Å²) in [5.41, 5.74) is 14.6. The number of nitrogens with two attached hydrogens (primary N) is 3. The Morgan fingerprint density at radius 2 is 1.86 bits per heavy atom. The van der Waals surface area contributed by atoms with Crippen LogP contribution in [-0.2, 0) is 0 Å². The zero-order valence-electron chi connectivity index (χ0n) is 3.97. The monoisotopic (exact) mass is 107 g/mol. The third-order valence-corrected chi connectivity index (χ3v) is 0.643. The van der Waals surface area contributed by atoms with Crippen LogP contribution in [0.1, 0.15) is 0 Å². The van der Waals surface area contributed by atoms with Crippen molar-refractivity contribution in [3.63, 3.8) is 0 Å². The lowest BCUT2D eigenvalue weighted by atomic mass is 10.3. The Balaban J connectivity index is 3.14. The number of hydrogen-bond donors (Lipinski definition) is 3. The van der Waals surface area contributed by atoms with Gasteiger partial charge < -0.3 is 17.2 Å². The third-order valence-electron chi connectivity index (χ3n) is 0.643. The maximum atomic E-state index is 11.9. The van der Waals surface area contributed by atoms with Crippen molar-refractivity contribution < 1.29 is 4.39 Å². The molecule has 4 heteroatoms. The highest BCUT2D eigenvalue weighted by Gasteiger charge is 2.07. The van der Waals surface area contributed by atoms with Crippen LogP contribution in [0.4, 0.5) is 4.39 Å².